The Morgan fingerprint density at radius 1 is 1.50 bits per heavy atom. The summed E-state index contributed by atoms with van der Waals surface area (Å²) >= 11 is 0. The van der Waals surface area contributed by atoms with Crippen molar-refractivity contribution in [2.75, 3.05) is 26.7 Å². The van der Waals surface area contributed by atoms with Crippen molar-refractivity contribution in [3.8, 4) is 5.75 Å². The van der Waals surface area contributed by atoms with E-state index in [-0.39, 0.29) is 5.91 Å². The average molecular weight is 276 g/mol. The second-order valence-corrected chi connectivity index (χ2v) is 4.65. The molecule has 1 aliphatic heterocycles. The summed E-state index contributed by atoms with van der Waals surface area (Å²) in [7, 11) is 1.58. The molecule has 6 heteroatoms. The number of nitrogens with zero attached hydrogens (tertiary/aromatic N) is 1. The minimum Gasteiger partial charge on any atom is -0.497 e. The number of nitrogens with one attached hydrogen (secondary N) is 3. The SMILES string of the molecule is COc1cccc(C(=O)NCCNC2=NCC(C)N2)c1. The largest absolute Gasteiger partial charge is 0.497 e. The number of methoxy groups -OCH3 is 1. The molecule has 1 atom stereocenters. The Kier molecular flexibility index (Phi) is 4.81. The van der Waals surface area contributed by atoms with Gasteiger partial charge in [0.25, 0.3) is 5.91 Å². The summed E-state index contributed by atoms with van der Waals surface area (Å²) in [5.74, 6) is 1.36. The van der Waals surface area contributed by atoms with Crippen molar-refractivity contribution in [3.05, 3.63) is 29.8 Å². The molecule has 1 amide bonds. The minimum atomic E-state index is -0.111. The number of benzene rings is 1. The van der Waals surface area contributed by atoms with Gasteiger partial charge in [-0.15, -0.1) is 0 Å². The summed E-state index contributed by atoms with van der Waals surface area (Å²) in [6, 6.07) is 7.46. The van der Waals surface area contributed by atoms with Crippen LogP contribution in [0, 0.1) is 0 Å². The zero-order chi connectivity index (χ0) is 14.4. The number of rotatable bonds is 5. The molecule has 1 aromatic carbocycles. The molecule has 3 N–H and O–H groups in total. The second-order valence-electron chi connectivity index (χ2n) is 4.65. The van der Waals surface area contributed by atoms with E-state index in [1.807, 2.05) is 6.07 Å². The Labute approximate surface area is 118 Å². The molecule has 1 heterocycles. The number of amides is 1. The van der Waals surface area contributed by atoms with Gasteiger partial charge in [0.15, 0.2) is 5.96 Å². The summed E-state index contributed by atoms with van der Waals surface area (Å²) in [6.45, 7) is 4.03. The Bertz CT molecular complexity index is 502. The number of carbonyl (C=O) groups excluding carboxylic acids is 1. The van der Waals surface area contributed by atoms with Crippen LogP contribution >= 0.6 is 0 Å². The van der Waals surface area contributed by atoms with Crippen LogP contribution < -0.4 is 20.7 Å². The van der Waals surface area contributed by atoms with E-state index in [0.717, 1.165) is 12.5 Å². The van der Waals surface area contributed by atoms with Crippen molar-refractivity contribution in [2.24, 2.45) is 4.99 Å². The maximum Gasteiger partial charge on any atom is 0.251 e. The van der Waals surface area contributed by atoms with Crippen LogP contribution in [0.3, 0.4) is 0 Å². The van der Waals surface area contributed by atoms with Crippen molar-refractivity contribution in [1.82, 2.24) is 16.0 Å². The van der Waals surface area contributed by atoms with E-state index in [9.17, 15) is 4.79 Å². The van der Waals surface area contributed by atoms with Crippen LogP contribution in [0.1, 0.15) is 17.3 Å². The molecule has 0 spiro atoms. The Morgan fingerprint density at radius 2 is 2.35 bits per heavy atom. The number of hydrogen-bond donors (Lipinski definition) is 3. The molecule has 1 aliphatic rings. The van der Waals surface area contributed by atoms with E-state index >= 15 is 0 Å². The van der Waals surface area contributed by atoms with Gasteiger partial charge in [-0.25, -0.2) is 0 Å². The molecule has 0 radical (unpaired) electrons. The number of aliphatic imine (C=N–C) groups is 1. The standard InChI is InChI=1S/C14H20N4O2/c1-10-9-17-14(18-10)16-7-6-15-13(19)11-4-3-5-12(8-11)20-2/h3-5,8,10H,6-7,9H2,1-2H3,(H,15,19)(H2,16,17,18). The average Bonchev–Trinajstić information content (AvgIpc) is 2.89. The second kappa shape index (κ2) is 6.79. The Hall–Kier alpha value is -2.24. The minimum absolute atomic E-state index is 0.111. The highest BCUT2D eigenvalue weighted by molar-refractivity contribution is 5.94. The lowest BCUT2D eigenvalue weighted by Gasteiger charge is -2.10. The van der Waals surface area contributed by atoms with Crippen LogP contribution in [-0.4, -0.2) is 44.7 Å². The van der Waals surface area contributed by atoms with E-state index in [1.165, 1.54) is 0 Å². The zero-order valence-corrected chi connectivity index (χ0v) is 11.8. The Morgan fingerprint density at radius 3 is 3.05 bits per heavy atom. The number of carbonyl (C=O) groups is 1. The van der Waals surface area contributed by atoms with Gasteiger partial charge in [-0.3, -0.25) is 9.79 Å². The third kappa shape index (κ3) is 3.88. The van der Waals surface area contributed by atoms with Gasteiger partial charge >= 0.3 is 0 Å². The zero-order valence-electron chi connectivity index (χ0n) is 11.8. The topological polar surface area (TPSA) is 74.8 Å². The molecular formula is C14H20N4O2. The number of guanidine groups is 1. The van der Waals surface area contributed by atoms with E-state index in [0.29, 0.717) is 30.4 Å². The van der Waals surface area contributed by atoms with Crippen molar-refractivity contribution in [3.63, 3.8) is 0 Å². The van der Waals surface area contributed by atoms with Crippen LogP contribution in [0.25, 0.3) is 0 Å². The van der Waals surface area contributed by atoms with E-state index in [4.69, 9.17) is 4.74 Å². The molecule has 0 saturated carbocycles. The molecule has 6 nitrogen and oxygen atoms in total. The van der Waals surface area contributed by atoms with Crippen molar-refractivity contribution in [1.29, 1.82) is 0 Å². The van der Waals surface area contributed by atoms with Crippen molar-refractivity contribution >= 4 is 11.9 Å². The van der Waals surface area contributed by atoms with Crippen molar-refractivity contribution in [2.45, 2.75) is 13.0 Å². The smallest absolute Gasteiger partial charge is 0.251 e. The van der Waals surface area contributed by atoms with Crippen LogP contribution in [0.5, 0.6) is 5.75 Å². The molecule has 1 aromatic rings. The maximum atomic E-state index is 11.9. The molecule has 0 bridgehead atoms. The monoisotopic (exact) mass is 276 g/mol. The normalized spacial score (nSPS) is 17.1. The molecule has 0 saturated heterocycles. The van der Waals surface area contributed by atoms with E-state index in [2.05, 4.69) is 27.9 Å². The van der Waals surface area contributed by atoms with Gasteiger partial charge in [0, 0.05) is 24.7 Å². The van der Waals surface area contributed by atoms with Crippen LogP contribution in [0.4, 0.5) is 0 Å². The summed E-state index contributed by atoms with van der Waals surface area (Å²) in [4.78, 5) is 16.2. The van der Waals surface area contributed by atoms with Crippen LogP contribution in [0.2, 0.25) is 0 Å². The molecule has 0 aliphatic carbocycles. The summed E-state index contributed by atoms with van der Waals surface area (Å²) < 4.78 is 5.09. The number of ether oxygens (including phenoxy) is 1. The first-order chi connectivity index (χ1) is 9.69. The first-order valence-corrected chi connectivity index (χ1v) is 6.66. The lowest BCUT2D eigenvalue weighted by molar-refractivity contribution is 0.0954. The Balaban J connectivity index is 1.72. The fraction of sp³-hybridized carbons (Fsp3) is 0.429. The molecule has 0 aromatic heterocycles. The fourth-order valence-electron chi connectivity index (χ4n) is 1.88. The lowest BCUT2D eigenvalue weighted by atomic mass is 10.2. The summed E-state index contributed by atoms with van der Waals surface area (Å²) in [5.41, 5.74) is 0.592. The van der Waals surface area contributed by atoms with Crippen molar-refractivity contribution < 1.29 is 9.53 Å². The van der Waals surface area contributed by atoms with E-state index in [1.54, 1.807) is 25.3 Å². The molecule has 1 unspecified atom stereocenters. The predicted octanol–water partition coefficient (Wildman–Crippen LogP) is 0.362. The molecule has 20 heavy (non-hydrogen) atoms. The van der Waals surface area contributed by atoms with E-state index < -0.39 is 0 Å². The third-order valence-corrected chi connectivity index (χ3v) is 2.94. The van der Waals surface area contributed by atoms with Gasteiger partial charge < -0.3 is 20.7 Å². The molecule has 2 rings (SSSR count). The lowest BCUT2D eigenvalue weighted by Crippen LogP contribution is -2.41. The van der Waals surface area contributed by atoms with Crippen LogP contribution in [-0.2, 0) is 0 Å². The molecule has 108 valence electrons. The summed E-state index contributed by atoms with van der Waals surface area (Å²) in [6.07, 6.45) is 0. The predicted molar refractivity (Wildman–Crippen MR) is 78.2 cm³/mol. The third-order valence-electron chi connectivity index (χ3n) is 2.94. The highest BCUT2D eigenvalue weighted by atomic mass is 16.5. The van der Waals surface area contributed by atoms with Gasteiger partial charge in [0.05, 0.1) is 13.7 Å². The quantitative estimate of drug-likeness (QED) is 0.679. The van der Waals surface area contributed by atoms with Gasteiger partial charge in [-0.2, -0.15) is 0 Å². The van der Waals surface area contributed by atoms with Gasteiger partial charge in [0.2, 0.25) is 0 Å². The van der Waals surface area contributed by atoms with Gasteiger partial charge in [0.1, 0.15) is 5.75 Å². The van der Waals surface area contributed by atoms with Gasteiger partial charge in [-0.1, -0.05) is 6.07 Å². The molecular weight excluding hydrogens is 256 g/mol. The first kappa shape index (κ1) is 14.2. The molecule has 0 fully saturated rings. The highest BCUT2D eigenvalue weighted by Gasteiger charge is 2.11. The summed E-state index contributed by atoms with van der Waals surface area (Å²) in [5, 5.41) is 9.18. The first-order valence-electron chi connectivity index (χ1n) is 6.66. The fourth-order valence-corrected chi connectivity index (χ4v) is 1.88. The van der Waals surface area contributed by atoms with Gasteiger partial charge in [-0.05, 0) is 25.1 Å². The highest BCUT2D eigenvalue weighted by Crippen LogP contribution is 2.12. The number of hydrogen-bond acceptors (Lipinski definition) is 5. The maximum absolute atomic E-state index is 11.9. The van der Waals surface area contributed by atoms with Crippen LogP contribution in [0.15, 0.2) is 29.3 Å².